The van der Waals surface area contributed by atoms with Gasteiger partial charge < -0.3 is 4.74 Å². The van der Waals surface area contributed by atoms with E-state index in [9.17, 15) is 8.78 Å². The molecule has 0 amide bonds. The zero-order valence-corrected chi connectivity index (χ0v) is 15.3. The zero-order valence-electron chi connectivity index (χ0n) is 14.5. The largest absolute Gasteiger partial charge is 0.486 e. The summed E-state index contributed by atoms with van der Waals surface area (Å²) in [4.78, 5) is 6.80. The van der Waals surface area contributed by atoms with Gasteiger partial charge in [0.15, 0.2) is 0 Å². The second-order valence-corrected chi connectivity index (χ2v) is 6.85. The van der Waals surface area contributed by atoms with Gasteiger partial charge >= 0.3 is 0 Å². The summed E-state index contributed by atoms with van der Waals surface area (Å²) < 4.78 is 31.9. The third-order valence-corrected chi connectivity index (χ3v) is 4.77. The van der Waals surface area contributed by atoms with Crippen molar-refractivity contribution in [1.29, 1.82) is 0 Å². The van der Waals surface area contributed by atoms with Crippen molar-refractivity contribution in [2.24, 2.45) is 0 Å². The van der Waals surface area contributed by atoms with Crippen molar-refractivity contribution in [3.05, 3.63) is 81.8 Å². The number of benzene rings is 2. The Labute approximate surface area is 155 Å². The molecule has 1 heterocycles. The van der Waals surface area contributed by atoms with Gasteiger partial charge in [-0.25, -0.2) is 13.8 Å². The molecule has 0 atom stereocenters. The van der Waals surface area contributed by atoms with Crippen molar-refractivity contribution in [2.45, 2.75) is 26.6 Å². The lowest BCUT2D eigenvalue weighted by molar-refractivity contribution is 0.267. The second-order valence-electron chi connectivity index (χ2n) is 5.91. The molecule has 6 heteroatoms. The summed E-state index contributed by atoms with van der Waals surface area (Å²) in [7, 11) is 0. The van der Waals surface area contributed by atoms with Crippen molar-refractivity contribution >= 4 is 11.3 Å². The van der Waals surface area contributed by atoms with E-state index in [4.69, 9.17) is 4.74 Å². The normalized spacial score (nSPS) is 11.1. The molecular formula is C20H20F2N2OS. The van der Waals surface area contributed by atoms with Gasteiger partial charge in [-0.3, -0.25) is 4.90 Å². The summed E-state index contributed by atoms with van der Waals surface area (Å²) in [6, 6.07) is 12.6. The minimum Gasteiger partial charge on any atom is -0.486 e. The standard InChI is InChI=1S/C20H20F2N2OS/c1-2-24(11-15-4-3-5-17(22)10-15)12-18-14-26-20(23-18)13-25-19-8-6-16(21)7-9-19/h3-10,14H,2,11-13H2,1H3. The highest BCUT2D eigenvalue weighted by atomic mass is 32.1. The maximum Gasteiger partial charge on any atom is 0.140 e. The number of nitrogens with zero attached hydrogens (tertiary/aromatic N) is 2. The molecule has 0 aliphatic rings. The summed E-state index contributed by atoms with van der Waals surface area (Å²) in [6.07, 6.45) is 0. The molecule has 0 aliphatic carbocycles. The third-order valence-electron chi connectivity index (χ3n) is 3.90. The second kappa shape index (κ2) is 8.87. The van der Waals surface area contributed by atoms with E-state index in [1.807, 2.05) is 11.4 Å². The minimum atomic E-state index is -0.285. The Balaban J connectivity index is 1.55. The van der Waals surface area contributed by atoms with Crippen LogP contribution in [0.1, 0.15) is 23.2 Å². The maximum absolute atomic E-state index is 13.3. The molecule has 136 valence electrons. The molecule has 2 aromatic carbocycles. The van der Waals surface area contributed by atoms with E-state index < -0.39 is 0 Å². The number of hydrogen-bond donors (Lipinski definition) is 0. The smallest absolute Gasteiger partial charge is 0.140 e. The number of halogens is 2. The predicted octanol–water partition coefficient (Wildman–Crippen LogP) is 5.02. The predicted molar refractivity (Wildman–Crippen MR) is 99.0 cm³/mol. The molecule has 0 saturated heterocycles. The first-order chi connectivity index (χ1) is 12.6. The first-order valence-electron chi connectivity index (χ1n) is 8.41. The molecule has 0 bridgehead atoms. The Morgan fingerprint density at radius 2 is 1.85 bits per heavy atom. The summed E-state index contributed by atoms with van der Waals surface area (Å²) in [5, 5.41) is 2.88. The SMILES string of the molecule is CCN(Cc1cccc(F)c1)Cc1csc(COc2ccc(F)cc2)n1. The van der Waals surface area contributed by atoms with Gasteiger partial charge in [0.1, 0.15) is 29.0 Å². The maximum atomic E-state index is 13.3. The van der Waals surface area contributed by atoms with Crippen LogP contribution in [0.4, 0.5) is 8.78 Å². The third kappa shape index (κ3) is 5.34. The van der Waals surface area contributed by atoms with Crippen LogP contribution in [0.25, 0.3) is 0 Å². The van der Waals surface area contributed by atoms with Crippen LogP contribution < -0.4 is 4.74 Å². The molecule has 3 rings (SSSR count). The lowest BCUT2D eigenvalue weighted by Gasteiger charge is -2.19. The summed E-state index contributed by atoms with van der Waals surface area (Å²) in [5.41, 5.74) is 1.91. The fraction of sp³-hybridized carbons (Fsp3) is 0.250. The van der Waals surface area contributed by atoms with E-state index in [-0.39, 0.29) is 11.6 Å². The highest BCUT2D eigenvalue weighted by Crippen LogP contribution is 2.17. The van der Waals surface area contributed by atoms with Crippen LogP contribution in [-0.4, -0.2) is 16.4 Å². The molecule has 0 aliphatic heterocycles. The van der Waals surface area contributed by atoms with Crippen LogP contribution >= 0.6 is 11.3 Å². The molecule has 0 spiro atoms. The minimum absolute atomic E-state index is 0.215. The van der Waals surface area contributed by atoms with E-state index >= 15 is 0 Å². The Bertz CT molecular complexity index is 836. The van der Waals surface area contributed by atoms with Crippen molar-refractivity contribution in [3.63, 3.8) is 0 Å². The molecule has 0 radical (unpaired) electrons. The first kappa shape index (κ1) is 18.5. The Morgan fingerprint density at radius 1 is 1.04 bits per heavy atom. The fourth-order valence-corrected chi connectivity index (χ4v) is 3.26. The topological polar surface area (TPSA) is 25.4 Å². The zero-order chi connectivity index (χ0) is 18.4. The van der Waals surface area contributed by atoms with Gasteiger partial charge in [-0.2, -0.15) is 0 Å². The molecule has 0 N–H and O–H groups in total. The van der Waals surface area contributed by atoms with Crippen LogP contribution in [0, 0.1) is 11.6 Å². The van der Waals surface area contributed by atoms with Crippen LogP contribution in [0.5, 0.6) is 5.75 Å². The number of rotatable bonds is 8. The molecule has 0 unspecified atom stereocenters. The Kier molecular flexibility index (Phi) is 6.30. The highest BCUT2D eigenvalue weighted by molar-refractivity contribution is 7.09. The van der Waals surface area contributed by atoms with E-state index in [1.165, 1.54) is 29.5 Å². The lowest BCUT2D eigenvalue weighted by atomic mass is 10.2. The molecule has 0 fully saturated rings. The van der Waals surface area contributed by atoms with Crippen LogP contribution in [0.3, 0.4) is 0 Å². The molecule has 3 aromatic rings. The molecule has 0 saturated carbocycles. The number of hydrogen-bond acceptors (Lipinski definition) is 4. The summed E-state index contributed by atoms with van der Waals surface area (Å²) in [5.74, 6) is 0.115. The average molecular weight is 374 g/mol. The van der Waals surface area contributed by atoms with Crippen LogP contribution in [0.15, 0.2) is 53.9 Å². The number of thiazole rings is 1. The van der Waals surface area contributed by atoms with Gasteiger partial charge in [0.2, 0.25) is 0 Å². The van der Waals surface area contributed by atoms with Gasteiger partial charge in [-0.1, -0.05) is 19.1 Å². The van der Waals surface area contributed by atoms with Gasteiger partial charge in [0, 0.05) is 18.5 Å². The molecular weight excluding hydrogens is 354 g/mol. The number of ether oxygens (including phenoxy) is 1. The Morgan fingerprint density at radius 3 is 2.58 bits per heavy atom. The van der Waals surface area contributed by atoms with Crippen molar-refractivity contribution in [3.8, 4) is 5.75 Å². The monoisotopic (exact) mass is 374 g/mol. The van der Waals surface area contributed by atoms with Crippen molar-refractivity contribution < 1.29 is 13.5 Å². The quantitative estimate of drug-likeness (QED) is 0.553. The average Bonchev–Trinajstić information content (AvgIpc) is 3.08. The Hall–Kier alpha value is -2.31. The van der Waals surface area contributed by atoms with Crippen LogP contribution in [-0.2, 0) is 19.7 Å². The van der Waals surface area contributed by atoms with Gasteiger partial charge in [0.05, 0.1) is 5.69 Å². The lowest BCUT2D eigenvalue weighted by Crippen LogP contribution is -2.22. The number of aromatic nitrogens is 1. The van der Waals surface area contributed by atoms with E-state index in [0.29, 0.717) is 25.4 Å². The summed E-state index contributed by atoms with van der Waals surface area (Å²) >= 11 is 1.54. The van der Waals surface area contributed by atoms with E-state index in [0.717, 1.165) is 22.8 Å². The van der Waals surface area contributed by atoms with E-state index in [2.05, 4.69) is 16.8 Å². The molecule has 26 heavy (non-hydrogen) atoms. The molecule has 3 nitrogen and oxygen atoms in total. The van der Waals surface area contributed by atoms with E-state index in [1.54, 1.807) is 24.3 Å². The van der Waals surface area contributed by atoms with Crippen molar-refractivity contribution in [1.82, 2.24) is 9.88 Å². The van der Waals surface area contributed by atoms with Gasteiger partial charge in [-0.15, -0.1) is 11.3 Å². The van der Waals surface area contributed by atoms with Gasteiger partial charge in [-0.05, 0) is 48.5 Å². The fourth-order valence-electron chi connectivity index (χ4n) is 2.57. The highest BCUT2D eigenvalue weighted by Gasteiger charge is 2.09. The van der Waals surface area contributed by atoms with Crippen LogP contribution in [0.2, 0.25) is 0 Å². The van der Waals surface area contributed by atoms with Gasteiger partial charge in [0.25, 0.3) is 0 Å². The van der Waals surface area contributed by atoms with Crippen molar-refractivity contribution in [2.75, 3.05) is 6.54 Å². The summed E-state index contributed by atoms with van der Waals surface area (Å²) in [6.45, 7) is 4.64. The molecule has 1 aromatic heterocycles. The first-order valence-corrected chi connectivity index (χ1v) is 9.29.